The summed E-state index contributed by atoms with van der Waals surface area (Å²) in [5.41, 5.74) is 0.513. The molecule has 0 spiro atoms. The van der Waals surface area contributed by atoms with Crippen molar-refractivity contribution < 1.29 is 23.8 Å². The molecule has 19 heavy (non-hydrogen) atoms. The van der Waals surface area contributed by atoms with Crippen LogP contribution in [-0.2, 0) is 23.8 Å². The normalized spacial score (nSPS) is 21.7. The maximum Gasteiger partial charge on any atom is 0.333 e. The summed E-state index contributed by atoms with van der Waals surface area (Å²) in [6.45, 7) is 7.62. The second-order valence-corrected chi connectivity index (χ2v) is 4.31. The molecular formula is C14H20O5. The summed E-state index contributed by atoms with van der Waals surface area (Å²) >= 11 is 0. The highest BCUT2D eigenvalue weighted by atomic mass is 16.6. The van der Waals surface area contributed by atoms with E-state index in [1.165, 1.54) is 0 Å². The fourth-order valence-electron chi connectivity index (χ4n) is 1.40. The van der Waals surface area contributed by atoms with Crippen LogP contribution >= 0.6 is 0 Å². The van der Waals surface area contributed by atoms with Crippen molar-refractivity contribution in [2.24, 2.45) is 0 Å². The Morgan fingerprint density at radius 3 is 2.74 bits per heavy atom. The molecular weight excluding hydrogens is 248 g/mol. The van der Waals surface area contributed by atoms with Gasteiger partial charge in [-0.05, 0) is 19.4 Å². The average molecular weight is 268 g/mol. The van der Waals surface area contributed by atoms with Crippen molar-refractivity contribution in [3.63, 3.8) is 0 Å². The minimum absolute atomic E-state index is 0.171. The molecule has 106 valence electrons. The van der Waals surface area contributed by atoms with E-state index in [-0.39, 0.29) is 24.8 Å². The van der Waals surface area contributed by atoms with Crippen LogP contribution < -0.4 is 0 Å². The zero-order chi connectivity index (χ0) is 14.3. The van der Waals surface area contributed by atoms with Crippen molar-refractivity contribution in [2.75, 3.05) is 13.2 Å². The highest BCUT2D eigenvalue weighted by molar-refractivity contribution is 5.87. The Labute approximate surface area is 113 Å². The summed E-state index contributed by atoms with van der Waals surface area (Å²) in [4.78, 5) is 22.4. The van der Waals surface area contributed by atoms with E-state index in [0.717, 1.165) is 18.9 Å². The predicted octanol–water partition coefficient (Wildman–Crippen LogP) is 1.77. The monoisotopic (exact) mass is 268 g/mol. The standard InChI is InChI=1S/C14H20O5/c1-4-6-7-17-14(16)10(3)8-11-12(19-11)9-18-13(15)5-2/h5,8,11-12H,2,4,6-7,9H2,1,3H3. The third kappa shape index (κ3) is 5.70. The molecule has 0 bridgehead atoms. The summed E-state index contributed by atoms with van der Waals surface area (Å²) in [5.74, 6) is -0.806. The molecule has 0 aromatic heterocycles. The Hall–Kier alpha value is -1.62. The maximum absolute atomic E-state index is 11.6. The van der Waals surface area contributed by atoms with Gasteiger partial charge >= 0.3 is 11.9 Å². The molecule has 1 fully saturated rings. The molecule has 5 nitrogen and oxygen atoms in total. The number of unbranched alkanes of at least 4 members (excludes halogenated alkanes) is 1. The smallest absolute Gasteiger partial charge is 0.333 e. The Balaban J connectivity index is 2.26. The summed E-state index contributed by atoms with van der Waals surface area (Å²) in [7, 11) is 0. The van der Waals surface area contributed by atoms with Gasteiger partial charge < -0.3 is 14.2 Å². The molecule has 1 aliphatic rings. The lowest BCUT2D eigenvalue weighted by Crippen LogP contribution is -2.10. The van der Waals surface area contributed by atoms with Gasteiger partial charge in [-0.3, -0.25) is 0 Å². The van der Waals surface area contributed by atoms with Gasteiger partial charge in [-0.25, -0.2) is 9.59 Å². The SMILES string of the molecule is C=CC(=O)OCC1OC1C=C(C)C(=O)OCCCC. The molecule has 5 heteroatoms. The van der Waals surface area contributed by atoms with Gasteiger partial charge in [0, 0.05) is 11.6 Å². The molecule has 0 amide bonds. The van der Waals surface area contributed by atoms with Crippen LogP contribution in [0.2, 0.25) is 0 Å². The number of hydrogen-bond acceptors (Lipinski definition) is 5. The quantitative estimate of drug-likeness (QED) is 0.290. The number of ether oxygens (including phenoxy) is 3. The average Bonchev–Trinajstić information content (AvgIpc) is 3.14. The van der Waals surface area contributed by atoms with Crippen LogP contribution in [0.1, 0.15) is 26.7 Å². The van der Waals surface area contributed by atoms with Crippen LogP contribution in [0.5, 0.6) is 0 Å². The topological polar surface area (TPSA) is 65.1 Å². The second-order valence-electron chi connectivity index (χ2n) is 4.31. The highest BCUT2D eigenvalue weighted by Crippen LogP contribution is 2.25. The number of rotatable bonds is 8. The molecule has 1 rings (SSSR count). The van der Waals surface area contributed by atoms with Crippen LogP contribution in [0.25, 0.3) is 0 Å². The molecule has 0 N–H and O–H groups in total. The first kappa shape index (κ1) is 15.4. The third-order valence-corrected chi connectivity index (χ3v) is 2.65. The van der Waals surface area contributed by atoms with Crippen LogP contribution in [0.4, 0.5) is 0 Å². The zero-order valence-electron chi connectivity index (χ0n) is 11.4. The van der Waals surface area contributed by atoms with Gasteiger partial charge in [0.05, 0.1) is 6.61 Å². The molecule has 1 saturated heterocycles. The lowest BCUT2D eigenvalue weighted by molar-refractivity contribution is -0.139. The Bertz CT molecular complexity index is 372. The van der Waals surface area contributed by atoms with Gasteiger partial charge in [-0.1, -0.05) is 19.9 Å². The van der Waals surface area contributed by atoms with Crippen LogP contribution in [0, 0.1) is 0 Å². The van der Waals surface area contributed by atoms with E-state index in [9.17, 15) is 9.59 Å². The lowest BCUT2D eigenvalue weighted by Gasteiger charge is -2.03. The molecule has 0 saturated carbocycles. The number of hydrogen-bond donors (Lipinski definition) is 0. The van der Waals surface area contributed by atoms with E-state index in [2.05, 4.69) is 6.58 Å². The minimum atomic E-state index is -0.478. The summed E-state index contributed by atoms with van der Waals surface area (Å²) in [6.07, 6.45) is 4.28. The second kappa shape index (κ2) is 7.74. The van der Waals surface area contributed by atoms with Gasteiger partial charge in [0.25, 0.3) is 0 Å². The molecule has 1 heterocycles. The Kier molecular flexibility index (Phi) is 6.29. The van der Waals surface area contributed by atoms with Crippen LogP contribution in [0.15, 0.2) is 24.3 Å². The van der Waals surface area contributed by atoms with Gasteiger partial charge in [-0.15, -0.1) is 0 Å². The van der Waals surface area contributed by atoms with Gasteiger partial charge in [0.1, 0.15) is 18.8 Å². The van der Waals surface area contributed by atoms with Crippen molar-refractivity contribution in [1.82, 2.24) is 0 Å². The largest absolute Gasteiger partial charge is 0.462 e. The molecule has 2 atom stereocenters. The first-order valence-electron chi connectivity index (χ1n) is 6.38. The predicted molar refractivity (Wildman–Crippen MR) is 69.4 cm³/mol. The van der Waals surface area contributed by atoms with E-state index in [1.54, 1.807) is 13.0 Å². The number of epoxide rings is 1. The van der Waals surface area contributed by atoms with Crippen molar-refractivity contribution in [2.45, 2.75) is 38.9 Å². The summed E-state index contributed by atoms with van der Waals surface area (Å²) in [5, 5.41) is 0. The molecule has 0 aromatic carbocycles. The molecule has 1 aliphatic heterocycles. The Morgan fingerprint density at radius 2 is 2.11 bits per heavy atom. The van der Waals surface area contributed by atoms with Crippen LogP contribution in [0.3, 0.4) is 0 Å². The lowest BCUT2D eigenvalue weighted by atomic mass is 10.2. The number of esters is 2. The summed E-state index contributed by atoms with van der Waals surface area (Å²) in [6, 6.07) is 0. The van der Waals surface area contributed by atoms with E-state index < -0.39 is 5.97 Å². The molecule has 2 unspecified atom stereocenters. The number of carbonyl (C=O) groups excluding carboxylic acids is 2. The van der Waals surface area contributed by atoms with Crippen molar-refractivity contribution in [3.8, 4) is 0 Å². The molecule has 0 aliphatic carbocycles. The van der Waals surface area contributed by atoms with Crippen molar-refractivity contribution >= 4 is 11.9 Å². The fourth-order valence-corrected chi connectivity index (χ4v) is 1.40. The number of carbonyl (C=O) groups is 2. The first-order chi connectivity index (χ1) is 9.08. The third-order valence-electron chi connectivity index (χ3n) is 2.65. The zero-order valence-corrected chi connectivity index (χ0v) is 11.4. The highest BCUT2D eigenvalue weighted by Gasteiger charge is 2.38. The maximum atomic E-state index is 11.6. The fraction of sp³-hybridized carbons (Fsp3) is 0.571. The van der Waals surface area contributed by atoms with E-state index in [4.69, 9.17) is 14.2 Å². The summed E-state index contributed by atoms with van der Waals surface area (Å²) < 4.78 is 15.2. The molecule has 0 radical (unpaired) electrons. The van der Waals surface area contributed by atoms with Gasteiger partial charge in [0.15, 0.2) is 0 Å². The van der Waals surface area contributed by atoms with E-state index in [1.807, 2.05) is 6.92 Å². The van der Waals surface area contributed by atoms with E-state index >= 15 is 0 Å². The van der Waals surface area contributed by atoms with Gasteiger partial charge in [-0.2, -0.15) is 0 Å². The molecule has 0 aromatic rings. The van der Waals surface area contributed by atoms with Crippen molar-refractivity contribution in [3.05, 3.63) is 24.3 Å². The van der Waals surface area contributed by atoms with Crippen LogP contribution in [-0.4, -0.2) is 37.4 Å². The Morgan fingerprint density at radius 1 is 1.37 bits per heavy atom. The first-order valence-corrected chi connectivity index (χ1v) is 6.38. The van der Waals surface area contributed by atoms with Gasteiger partial charge in [0.2, 0.25) is 0 Å². The minimum Gasteiger partial charge on any atom is -0.462 e. The van der Waals surface area contributed by atoms with Crippen molar-refractivity contribution in [1.29, 1.82) is 0 Å². The van der Waals surface area contributed by atoms with E-state index in [0.29, 0.717) is 12.2 Å².